The number of urea groups is 1. The van der Waals surface area contributed by atoms with Crippen LogP contribution in [0.1, 0.15) is 0 Å². The minimum atomic E-state index is -0.176. The van der Waals surface area contributed by atoms with E-state index in [0.29, 0.717) is 13.1 Å². The van der Waals surface area contributed by atoms with Gasteiger partial charge in [0, 0.05) is 20.1 Å². The lowest BCUT2D eigenvalue weighted by atomic mass is 10.6. The van der Waals surface area contributed by atoms with E-state index < -0.39 is 0 Å². The zero-order chi connectivity index (χ0) is 12.0. The SMILES string of the molecule is CNC(=O)NCCn1c(SC)nnc1SC. The molecule has 0 unspecified atom stereocenters. The fourth-order valence-electron chi connectivity index (χ4n) is 1.14. The van der Waals surface area contributed by atoms with Crippen molar-refractivity contribution in [3.05, 3.63) is 0 Å². The van der Waals surface area contributed by atoms with Crippen LogP contribution in [0.5, 0.6) is 0 Å². The van der Waals surface area contributed by atoms with Crippen molar-refractivity contribution in [1.82, 2.24) is 25.4 Å². The summed E-state index contributed by atoms with van der Waals surface area (Å²) in [5.41, 5.74) is 0. The Balaban J connectivity index is 2.57. The Hall–Kier alpha value is -0.890. The van der Waals surface area contributed by atoms with Gasteiger partial charge in [0.05, 0.1) is 0 Å². The molecule has 1 rings (SSSR count). The zero-order valence-corrected chi connectivity index (χ0v) is 11.1. The molecule has 6 nitrogen and oxygen atoms in total. The first-order valence-electron chi connectivity index (χ1n) is 4.69. The average molecular weight is 261 g/mol. The summed E-state index contributed by atoms with van der Waals surface area (Å²) in [5.74, 6) is 0. The Bertz CT molecular complexity index is 333. The lowest BCUT2D eigenvalue weighted by molar-refractivity contribution is 0.242. The molecule has 1 aromatic heterocycles. The van der Waals surface area contributed by atoms with Gasteiger partial charge in [-0.3, -0.25) is 4.57 Å². The number of thioether (sulfide) groups is 2. The molecule has 1 heterocycles. The molecule has 0 saturated heterocycles. The second kappa shape index (κ2) is 6.64. The van der Waals surface area contributed by atoms with Crippen LogP contribution in [0.25, 0.3) is 0 Å². The molecular formula is C8H15N5OS2. The molecule has 0 fully saturated rings. The molecule has 90 valence electrons. The molecule has 0 bridgehead atoms. The number of amides is 2. The molecular weight excluding hydrogens is 246 g/mol. The van der Waals surface area contributed by atoms with E-state index in [0.717, 1.165) is 10.3 Å². The highest BCUT2D eigenvalue weighted by atomic mass is 32.2. The van der Waals surface area contributed by atoms with E-state index >= 15 is 0 Å². The van der Waals surface area contributed by atoms with Gasteiger partial charge in [-0.1, -0.05) is 23.5 Å². The highest BCUT2D eigenvalue weighted by molar-refractivity contribution is 7.99. The number of aromatic nitrogens is 3. The number of nitrogens with zero attached hydrogens (tertiary/aromatic N) is 3. The van der Waals surface area contributed by atoms with Crippen molar-refractivity contribution in [1.29, 1.82) is 0 Å². The minimum Gasteiger partial charge on any atom is -0.341 e. The van der Waals surface area contributed by atoms with Gasteiger partial charge in [-0.15, -0.1) is 10.2 Å². The molecule has 0 aliphatic rings. The van der Waals surface area contributed by atoms with Gasteiger partial charge in [0.25, 0.3) is 0 Å². The fourth-order valence-corrected chi connectivity index (χ4v) is 2.24. The van der Waals surface area contributed by atoms with Gasteiger partial charge in [-0.05, 0) is 12.5 Å². The topological polar surface area (TPSA) is 71.8 Å². The Morgan fingerprint density at radius 3 is 2.31 bits per heavy atom. The van der Waals surface area contributed by atoms with E-state index in [2.05, 4.69) is 20.8 Å². The summed E-state index contributed by atoms with van der Waals surface area (Å²) in [7, 11) is 1.59. The van der Waals surface area contributed by atoms with Crippen molar-refractivity contribution in [2.24, 2.45) is 0 Å². The summed E-state index contributed by atoms with van der Waals surface area (Å²) < 4.78 is 1.99. The van der Waals surface area contributed by atoms with E-state index in [1.54, 1.807) is 30.6 Å². The van der Waals surface area contributed by atoms with Crippen LogP contribution in [0.3, 0.4) is 0 Å². The highest BCUT2D eigenvalue weighted by Crippen LogP contribution is 2.19. The van der Waals surface area contributed by atoms with Gasteiger partial charge < -0.3 is 10.6 Å². The van der Waals surface area contributed by atoms with Crippen LogP contribution < -0.4 is 10.6 Å². The van der Waals surface area contributed by atoms with Crippen molar-refractivity contribution >= 4 is 29.6 Å². The predicted molar refractivity (Wildman–Crippen MR) is 66.0 cm³/mol. The van der Waals surface area contributed by atoms with Crippen molar-refractivity contribution in [2.45, 2.75) is 16.9 Å². The molecule has 0 atom stereocenters. The number of hydrogen-bond acceptors (Lipinski definition) is 5. The standard InChI is InChI=1S/C8H15N5OS2/c1-9-6(14)10-4-5-13-7(15-2)11-12-8(13)16-3/h4-5H2,1-3H3,(H2,9,10,14). The molecule has 0 aromatic carbocycles. The Morgan fingerprint density at radius 1 is 1.31 bits per heavy atom. The molecule has 16 heavy (non-hydrogen) atoms. The molecule has 2 amide bonds. The third-order valence-electron chi connectivity index (χ3n) is 1.90. The predicted octanol–water partition coefficient (Wildman–Crippen LogP) is 0.651. The largest absolute Gasteiger partial charge is 0.341 e. The van der Waals surface area contributed by atoms with Crippen molar-refractivity contribution in [3.8, 4) is 0 Å². The van der Waals surface area contributed by atoms with E-state index in [-0.39, 0.29) is 6.03 Å². The first kappa shape index (κ1) is 13.2. The molecule has 0 aliphatic carbocycles. The zero-order valence-electron chi connectivity index (χ0n) is 9.48. The van der Waals surface area contributed by atoms with Gasteiger partial charge in [-0.2, -0.15) is 0 Å². The van der Waals surface area contributed by atoms with Crippen LogP contribution in [0, 0.1) is 0 Å². The number of carbonyl (C=O) groups is 1. The summed E-state index contributed by atoms with van der Waals surface area (Å²) >= 11 is 3.09. The van der Waals surface area contributed by atoms with Crippen LogP contribution in [0.15, 0.2) is 10.3 Å². The van der Waals surface area contributed by atoms with Crippen LogP contribution in [-0.2, 0) is 6.54 Å². The van der Waals surface area contributed by atoms with Crippen molar-refractivity contribution < 1.29 is 4.79 Å². The van der Waals surface area contributed by atoms with E-state index in [9.17, 15) is 4.79 Å². The average Bonchev–Trinajstić information content (AvgIpc) is 2.71. The molecule has 8 heteroatoms. The van der Waals surface area contributed by atoms with Gasteiger partial charge in [0.15, 0.2) is 10.3 Å². The Kier molecular flexibility index (Phi) is 5.47. The van der Waals surface area contributed by atoms with Gasteiger partial charge in [0.1, 0.15) is 0 Å². The molecule has 0 saturated carbocycles. The van der Waals surface area contributed by atoms with Crippen LogP contribution in [-0.4, -0.2) is 46.9 Å². The summed E-state index contributed by atoms with van der Waals surface area (Å²) in [4.78, 5) is 11.0. The van der Waals surface area contributed by atoms with E-state index in [4.69, 9.17) is 0 Å². The molecule has 0 spiro atoms. The molecule has 0 aliphatic heterocycles. The third-order valence-corrected chi connectivity index (χ3v) is 3.23. The summed E-state index contributed by atoms with van der Waals surface area (Å²) in [6, 6.07) is -0.176. The van der Waals surface area contributed by atoms with E-state index in [1.165, 1.54) is 0 Å². The first-order chi connectivity index (χ1) is 7.72. The van der Waals surface area contributed by atoms with Crippen molar-refractivity contribution in [2.75, 3.05) is 26.1 Å². The quantitative estimate of drug-likeness (QED) is 0.762. The number of carbonyl (C=O) groups excluding carboxylic acids is 1. The Morgan fingerprint density at radius 2 is 1.88 bits per heavy atom. The van der Waals surface area contributed by atoms with Gasteiger partial charge >= 0.3 is 6.03 Å². The highest BCUT2D eigenvalue weighted by Gasteiger charge is 2.09. The van der Waals surface area contributed by atoms with Gasteiger partial charge in [-0.25, -0.2) is 4.79 Å². The summed E-state index contributed by atoms with van der Waals surface area (Å²) in [6.45, 7) is 1.23. The monoisotopic (exact) mass is 261 g/mol. The van der Waals surface area contributed by atoms with Crippen LogP contribution in [0.2, 0.25) is 0 Å². The molecule has 2 N–H and O–H groups in total. The maximum absolute atomic E-state index is 11.0. The summed E-state index contributed by atoms with van der Waals surface area (Å²) in [6.07, 6.45) is 3.91. The molecule has 1 aromatic rings. The number of rotatable bonds is 5. The second-order valence-corrected chi connectivity index (χ2v) is 4.38. The van der Waals surface area contributed by atoms with Crippen LogP contribution in [0.4, 0.5) is 4.79 Å². The number of nitrogens with one attached hydrogen (secondary N) is 2. The lowest BCUT2D eigenvalue weighted by Gasteiger charge is -2.08. The maximum Gasteiger partial charge on any atom is 0.314 e. The minimum absolute atomic E-state index is 0.176. The number of hydrogen-bond donors (Lipinski definition) is 2. The maximum atomic E-state index is 11.0. The van der Waals surface area contributed by atoms with Gasteiger partial charge in [0.2, 0.25) is 0 Å². The molecule has 0 radical (unpaired) electrons. The summed E-state index contributed by atoms with van der Waals surface area (Å²) in [5, 5.41) is 15.1. The van der Waals surface area contributed by atoms with E-state index in [1.807, 2.05) is 17.1 Å². The van der Waals surface area contributed by atoms with Crippen LogP contribution >= 0.6 is 23.5 Å². The first-order valence-corrected chi connectivity index (χ1v) is 7.14. The Labute approximate surface area is 103 Å². The smallest absolute Gasteiger partial charge is 0.314 e. The normalized spacial score (nSPS) is 10.2. The third kappa shape index (κ3) is 3.31. The lowest BCUT2D eigenvalue weighted by Crippen LogP contribution is -2.34. The second-order valence-electron chi connectivity index (χ2n) is 2.83. The fraction of sp³-hybridized carbons (Fsp3) is 0.625. The van der Waals surface area contributed by atoms with Crippen molar-refractivity contribution in [3.63, 3.8) is 0 Å².